The van der Waals surface area contributed by atoms with E-state index in [1.165, 1.54) is 12.8 Å². The molecule has 29 heavy (non-hydrogen) atoms. The Labute approximate surface area is 178 Å². The van der Waals surface area contributed by atoms with Gasteiger partial charge in [0.15, 0.2) is 0 Å². The van der Waals surface area contributed by atoms with Gasteiger partial charge in [-0.25, -0.2) is 0 Å². The van der Waals surface area contributed by atoms with E-state index in [9.17, 15) is 14.4 Å². The lowest BCUT2D eigenvalue weighted by atomic mass is 9.79. The average molecular weight is 461 g/mol. The molecule has 0 spiro atoms. The largest absolute Gasteiger partial charge is 0.461 e. The molecule has 2 amide bonds. The van der Waals surface area contributed by atoms with Crippen LogP contribution in [0.5, 0.6) is 0 Å². The van der Waals surface area contributed by atoms with Crippen molar-refractivity contribution in [3.05, 3.63) is 29.8 Å². The molecular formula is C22H25BrN2O4. The standard InChI is InChI=1S/C22H25BrN2O4/c23-18-14-11-15-17(22(28)29-19(15)18)16(14)20(26)24-13-7-5-12(6-8-13)21(27)25-9-3-1-2-4-10-25/h5-8,14-19H,1-4,9-11H2,(H,24,26)/t14-,15-,16-,17-,18+,19+/m1/s1. The molecule has 2 saturated carbocycles. The summed E-state index contributed by atoms with van der Waals surface area (Å²) in [6, 6.07) is 7.10. The van der Waals surface area contributed by atoms with Crippen LogP contribution in [0.1, 0.15) is 42.5 Å². The molecule has 0 unspecified atom stereocenters. The van der Waals surface area contributed by atoms with Crippen LogP contribution >= 0.6 is 15.9 Å². The Morgan fingerprint density at radius 1 is 1.03 bits per heavy atom. The number of carbonyl (C=O) groups excluding carboxylic acids is 3. The smallest absolute Gasteiger partial charge is 0.310 e. The molecule has 7 heteroatoms. The number of hydrogen-bond acceptors (Lipinski definition) is 4. The molecule has 2 heterocycles. The molecule has 154 valence electrons. The number of halogens is 1. The third kappa shape index (κ3) is 3.18. The number of likely N-dealkylation sites (tertiary alicyclic amines) is 1. The van der Waals surface area contributed by atoms with Crippen LogP contribution in [-0.4, -0.2) is 46.7 Å². The van der Waals surface area contributed by atoms with Crippen molar-refractivity contribution in [3.8, 4) is 0 Å². The maximum Gasteiger partial charge on any atom is 0.310 e. The van der Waals surface area contributed by atoms with Gasteiger partial charge in [-0.3, -0.25) is 14.4 Å². The lowest BCUT2D eigenvalue weighted by Gasteiger charge is -2.27. The van der Waals surface area contributed by atoms with Crippen LogP contribution in [0.4, 0.5) is 5.69 Å². The summed E-state index contributed by atoms with van der Waals surface area (Å²) in [6.07, 6.45) is 5.26. The van der Waals surface area contributed by atoms with Crippen LogP contribution in [0, 0.1) is 23.7 Å². The molecule has 0 radical (unpaired) electrons. The molecule has 1 N–H and O–H groups in total. The second-order valence-corrected chi connectivity index (χ2v) is 9.79. The van der Waals surface area contributed by atoms with Crippen molar-refractivity contribution >= 4 is 39.4 Å². The Balaban J connectivity index is 1.26. The first-order chi connectivity index (χ1) is 14.0. The fourth-order valence-corrected chi connectivity index (χ4v) is 6.75. The van der Waals surface area contributed by atoms with Gasteiger partial charge in [0.1, 0.15) is 6.10 Å². The van der Waals surface area contributed by atoms with Crippen molar-refractivity contribution in [2.24, 2.45) is 23.7 Å². The van der Waals surface area contributed by atoms with Crippen LogP contribution < -0.4 is 5.32 Å². The highest BCUT2D eigenvalue weighted by Gasteiger charge is 2.67. The number of nitrogens with one attached hydrogen (secondary N) is 1. The van der Waals surface area contributed by atoms with E-state index in [1.807, 2.05) is 4.90 Å². The van der Waals surface area contributed by atoms with Gasteiger partial charge in [-0.2, -0.15) is 0 Å². The molecule has 6 atom stereocenters. The van der Waals surface area contributed by atoms with Gasteiger partial charge >= 0.3 is 5.97 Å². The van der Waals surface area contributed by atoms with E-state index in [0.29, 0.717) is 11.3 Å². The fraction of sp³-hybridized carbons (Fsp3) is 0.591. The first-order valence-corrected chi connectivity index (χ1v) is 11.5. The molecule has 4 fully saturated rings. The van der Waals surface area contributed by atoms with Crippen molar-refractivity contribution in [2.45, 2.75) is 43.0 Å². The van der Waals surface area contributed by atoms with Crippen LogP contribution in [0.15, 0.2) is 24.3 Å². The van der Waals surface area contributed by atoms with E-state index < -0.39 is 0 Å². The van der Waals surface area contributed by atoms with E-state index in [1.54, 1.807) is 24.3 Å². The molecule has 2 aliphatic heterocycles. The molecule has 1 aromatic rings. The van der Waals surface area contributed by atoms with Crippen LogP contribution in [-0.2, 0) is 14.3 Å². The number of benzene rings is 1. The van der Waals surface area contributed by atoms with Crippen molar-refractivity contribution < 1.29 is 19.1 Å². The molecular weight excluding hydrogens is 436 g/mol. The Bertz CT molecular complexity index is 834. The summed E-state index contributed by atoms with van der Waals surface area (Å²) in [5.41, 5.74) is 1.30. The van der Waals surface area contributed by atoms with E-state index in [0.717, 1.165) is 32.4 Å². The third-order valence-electron chi connectivity index (χ3n) is 7.12. The quantitative estimate of drug-likeness (QED) is 0.554. The maximum atomic E-state index is 13.0. The molecule has 6 nitrogen and oxygen atoms in total. The predicted molar refractivity (Wildman–Crippen MR) is 111 cm³/mol. The lowest BCUT2D eigenvalue weighted by molar-refractivity contribution is -0.145. The monoisotopic (exact) mass is 460 g/mol. The van der Waals surface area contributed by atoms with Crippen LogP contribution in [0.25, 0.3) is 0 Å². The first kappa shape index (κ1) is 19.1. The summed E-state index contributed by atoms with van der Waals surface area (Å²) < 4.78 is 5.48. The Kier molecular flexibility index (Phi) is 4.88. The van der Waals surface area contributed by atoms with Crippen molar-refractivity contribution in [1.29, 1.82) is 0 Å². The second-order valence-electron chi connectivity index (χ2n) is 8.73. The van der Waals surface area contributed by atoms with Gasteiger partial charge < -0.3 is 15.0 Å². The van der Waals surface area contributed by atoms with E-state index in [4.69, 9.17) is 4.74 Å². The molecule has 1 aromatic carbocycles. The minimum absolute atomic E-state index is 0.0552. The van der Waals surface area contributed by atoms with Crippen LogP contribution in [0.2, 0.25) is 0 Å². The first-order valence-electron chi connectivity index (χ1n) is 10.6. The van der Waals surface area contributed by atoms with E-state index >= 15 is 0 Å². The fourth-order valence-electron chi connectivity index (χ4n) is 5.71. The Morgan fingerprint density at radius 3 is 2.41 bits per heavy atom. The SMILES string of the molecule is O=C(Nc1ccc(C(=O)N2CCCCCC2)cc1)[C@@H]1[C@H]2C[C@H]3[C@H](OC(=O)[C@H]31)[C@H]2Br. The van der Waals surface area contributed by atoms with Crippen LogP contribution in [0.3, 0.4) is 0 Å². The molecule has 2 saturated heterocycles. The number of amides is 2. The van der Waals surface area contributed by atoms with Gasteiger partial charge in [-0.1, -0.05) is 28.8 Å². The summed E-state index contributed by atoms with van der Waals surface area (Å²) >= 11 is 3.64. The number of alkyl halides is 1. The minimum Gasteiger partial charge on any atom is -0.461 e. The zero-order chi connectivity index (χ0) is 20.1. The number of esters is 1. The lowest BCUT2D eigenvalue weighted by Crippen LogP contribution is -2.40. The highest BCUT2D eigenvalue weighted by Crippen LogP contribution is 2.60. The van der Waals surface area contributed by atoms with Gasteiger partial charge in [-0.15, -0.1) is 0 Å². The van der Waals surface area contributed by atoms with Gasteiger partial charge in [0, 0.05) is 30.3 Å². The number of fused-ring (bicyclic) bond motifs is 1. The van der Waals surface area contributed by atoms with Gasteiger partial charge in [-0.05, 0) is 49.4 Å². The highest BCUT2D eigenvalue weighted by atomic mass is 79.9. The van der Waals surface area contributed by atoms with Crippen molar-refractivity contribution in [1.82, 2.24) is 4.90 Å². The van der Waals surface area contributed by atoms with Gasteiger partial charge in [0.05, 0.1) is 16.7 Å². The molecule has 5 rings (SSSR count). The number of nitrogens with zero attached hydrogens (tertiary/aromatic N) is 1. The molecule has 2 aliphatic carbocycles. The topological polar surface area (TPSA) is 75.7 Å². The summed E-state index contributed by atoms with van der Waals surface area (Å²) in [7, 11) is 0. The molecule has 2 bridgehead atoms. The van der Waals surface area contributed by atoms with E-state index in [-0.39, 0.29) is 52.4 Å². The minimum atomic E-state index is -0.353. The maximum absolute atomic E-state index is 13.0. The number of hydrogen-bond donors (Lipinski definition) is 1. The normalized spacial score (nSPS) is 35.3. The average Bonchev–Trinajstić information content (AvgIpc) is 3.22. The summed E-state index contributed by atoms with van der Waals surface area (Å²) in [4.78, 5) is 39.9. The van der Waals surface area contributed by atoms with E-state index in [2.05, 4.69) is 21.2 Å². The van der Waals surface area contributed by atoms with Gasteiger partial charge in [0.2, 0.25) is 5.91 Å². The number of ether oxygens (including phenoxy) is 1. The molecule has 4 aliphatic rings. The highest BCUT2D eigenvalue weighted by molar-refractivity contribution is 9.09. The Hall–Kier alpha value is -1.89. The third-order valence-corrected chi connectivity index (χ3v) is 8.32. The van der Waals surface area contributed by atoms with Crippen molar-refractivity contribution in [3.63, 3.8) is 0 Å². The summed E-state index contributed by atoms with van der Waals surface area (Å²) in [6.45, 7) is 1.63. The molecule has 0 aromatic heterocycles. The number of anilines is 1. The number of carbonyl (C=O) groups is 3. The summed E-state index contributed by atoms with van der Waals surface area (Å²) in [5.74, 6) is -0.693. The zero-order valence-electron chi connectivity index (χ0n) is 16.2. The number of rotatable bonds is 3. The predicted octanol–water partition coefficient (Wildman–Crippen LogP) is 3.21. The zero-order valence-corrected chi connectivity index (χ0v) is 17.8. The van der Waals surface area contributed by atoms with Gasteiger partial charge in [0.25, 0.3) is 5.91 Å². The summed E-state index contributed by atoms with van der Waals surface area (Å²) in [5, 5.41) is 2.96. The second kappa shape index (κ2) is 7.42. The Morgan fingerprint density at radius 2 is 1.72 bits per heavy atom. The van der Waals surface area contributed by atoms with Crippen molar-refractivity contribution in [2.75, 3.05) is 18.4 Å².